The van der Waals surface area contributed by atoms with E-state index in [1.54, 1.807) is 4.57 Å². The van der Waals surface area contributed by atoms with Crippen molar-refractivity contribution in [1.29, 1.82) is 5.26 Å². The van der Waals surface area contributed by atoms with Crippen molar-refractivity contribution in [1.82, 2.24) is 20.1 Å². The highest BCUT2D eigenvalue weighted by Gasteiger charge is 2.45. The van der Waals surface area contributed by atoms with Crippen LogP contribution in [0.2, 0.25) is 0 Å². The zero-order chi connectivity index (χ0) is 15.3. The monoisotopic (exact) mass is 309 g/mol. The zero-order valence-electron chi connectivity index (χ0n) is 12.7. The van der Waals surface area contributed by atoms with Gasteiger partial charge in [0.25, 0.3) is 0 Å². The molecule has 1 aliphatic carbocycles. The van der Waals surface area contributed by atoms with Crippen LogP contribution < -0.4 is 11.0 Å². The summed E-state index contributed by atoms with van der Waals surface area (Å²) in [4.78, 5) is 11.7. The number of rotatable bonds is 9. The maximum Gasteiger partial charge on any atom is 0.343 e. The van der Waals surface area contributed by atoms with E-state index in [0.717, 1.165) is 32.2 Å². The molecule has 0 saturated heterocycles. The number of aromatic nitrogens is 3. The molecule has 1 fully saturated rings. The van der Waals surface area contributed by atoms with Gasteiger partial charge in [-0.05, 0) is 38.1 Å². The number of nitrogens with one attached hydrogen (secondary N) is 2. The third-order valence-corrected chi connectivity index (χ3v) is 4.93. The second kappa shape index (κ2) is 7.14. The highest BCUT2D eigenvalue weighted by molar-refractivity contribution is 7.99. The summed E-state index contributed by atoms with van der Waals surface area (Å²) in [6.07, 6.45) is 4.09. The largest absolute Gasteiger partial charge is 0.343 e. The predicted molar refractivity (Wildman–Crippen MR) is 83.2 cm³/mol. The number of thioether (sulfide) groups is 1. The van der Waals surface area contributed by atoms with Gasteiger partial charge in [0.05, 0.1) is 6.07 Å². The Morgan fingerprint density at radius 1 is 1.52 bits per heavy atom. The Bertz CT molecular complexity index is 556. The molecule has 21 heavy (non-hydrogen) atoms. The van der Waals surface area contributed by atoms with Gasteiger partial charge in [-0.2, -0.15) is 5.26 Å². The summed E-state index contributed by atoms with van der Waals surface area (Å²) in [5, 5.41) is 20.3. The number of nitrogens with zero attached hydrogens (tertiary/aromatic N) is 3. The lowest BCUT2D eigenvalue weighted by molar-refractivity contribution is 0.405. The second-order valence-corrected chi connectivity index (χ2v) is 6.48. The van der Waals surface area contributed by atoms with Gasteiger partial charge in [0.15, 0.2) is 5.16 Å². The molecular formula is C14H23N5OS. The van der Waals surface area contributed by atoms with E-state index >= 15 is 0 Å². The quantitative estimate of drug-likeness (QED) is 0.679. The molecule has 0 aromatic carbocycles. The average molecular weight is 309 g/mol. The van der Waals surface area contributed by atoms with Gasteiger partial charge in [-0.15, -0.1) is 5.10 Å². The standard InChI is InChI=1S/C14H23N5OS/c1-3-7-16-14(9-15,11-5-6-11)10-21-13-18-17-12(20)19(13)8-4-2/h11,16H,3-8,10H2,1-2H3,(H,17,20). The van der Waals surface area contributed by atoms with Crippen LogP contribution in [0, 0.1) is 17.2 Å². The number of nitriles is 1. The number of H-pyrrole nitrogens is 1. The summed E-state index contributed by atoms with van der Waals surface area (Å²) in [5.41, 5.74) is -0.665. The third-order valence-electron chi connectivity index (χ3n) is 3.76. The molecule has 1 aromatic heterocycles. The van der Waals surface area contributed by atoms with Crippen molar-refractivity contribution in [3.63, 3.8) is 0 Å². The summed E-state index contributed by atoms with van der Waals surface area (Å²) >= 11 is 1.49. The summed E-state index contributed by atoms with van der Waals surface area (Å²) in [5.74, 6) is 1.05. The molecule has 1 atom stereocenters. The molecule has 1 unspecified atom stereocenters. The predicted octanol–water partition coefficient (Wildman–Crippen LogP) is 1.75. The molecule has 1 aliphatic rings. The van der Waals surface area contributed by atoms with Crippen molar-refractivity contribution in [2.24, 2.45) is 5.92 Å². The maximum atomic E-state index is 11.7. The molecule has 116 valence electrons. The van der Waals surface area contributed by atoms with Crippen LogP contribution in [-0.2, 0) is 6.54 Å². The summed E-state index contributed by atoms with van der Waals surface area (Å²) in [7, 11) is 0. The highest BCUT2D eigenvalue weighted by atomic mass is 32.2. The van der Waals surface area contributed by atoms with Gasteiger partial charge in [-0.25, -0.2) is 9.89 Å². The minimum Gasteiger partial charge on any atom is -0.298 e. The maximum absolute atomic E-state index is 11.7. The van der Waals surface area contributed by atoms with E-state index in [0.29, 0.717) is 23.4 Å². The Morgan fingerprint density at radius 2 is 2.29 bits per heavy atom. The van der Waals surface area contributed by atoms with Gasteiger partial charge in [0.2, 0.25) is 0 Å². The zero-order valence-corrected chi connectivity index (χ0v) is 13.5. The van der Waals surface area contributed by atoms with Crippen molar-refractivity contribution < 1.29 is 0 Å². The molecule has 6 nitrogen and oxygen atoms in total. The fourth-order valence-electron chi connectivity index (χ4n) is 2.41. The molecular weight excluding hydrogens is 286 g/mol. The van der Waals surface area contributed by atoms with Gasteiger partial charge in [-0.3, -0.25) is 9.88 Å². The van der Waals surface area contributed by atoms with E-state index in [-0.39, 0.29) is 5.69 Å². The van der Waals surface area contributed by atoms with Crippen molar-refractivity contribution in [3.8, 4) is 6.07 Å². The van der Waals surface area contributed by atoms with Crippen LogP contribution in [0.1, 0.15) is 39.5 Å². The van der Waals surface area contributed by atoms with E-state index in [1.807, 2.05) is 6.92 Å². The third kappa shape index (κ3) is 3.69. The molecule has 2 N–H and O–H groups in total. The van der Waals surface area contributed by atoms with Crippen molar-refractivity contribution in [3.05, 3.63) is 10.5 Å². The topological polar surface area (TPSA) is 86.5 Å². The van der Waals surface area contributed by atoms with Crippen LogP contribution >= 0.6 is 11.8 Å². The van der Waals surface area contributed by atoms with Crippen molar-refractivity contribution in [2.45, 2.75) is 56.8 Å². The molecule has 1 saturated carbocycles. The van der Waals surface area contributed by atoms with Gasteiger partial charge < -0.3 is 0 Å². The molecule has 0 amide bonds. The lowest BCUT2D eigenvalue weighted by Crippen LogP contribution is -2.48. The fourth-order valence-corrected chi connectivity index (χ4v) is 3.61. The average Bonchev–Trinajstić information content (AvgIpc) is 3.28. The number of hydrogen-bond donors (Lipinski definition) is 2. The molecule has 7 heteroatoms. The first-order chi connectivity index (χ1) is 10.2. The Morgan fingerprint density at radius 3 is 2.86 bits per heavy atom. The Labute approximate surface area is 129 Å². The molecule has 0 aliphatic heterocycles. The van der Waals surface area contributed by atoms with E-state index < -0.39 is 5.54 Å². The summed E-state index contributed by atoms with van der Waals surface area (Å²) in [6.45, 7) is 5.62. The van der Waals surface area contributed by atoms with Crippen LogP contribution in [0.15, 0.2) is 9.95 Å². The number of aromatic amines is 1. The second-order valence-electron chi connectivity index (χ2n) is 5.54. The van der Waals surface area contributed by atoms with Crippen LogP contribution in [-0.4, -0.2) is 32.6 Å². The minimum absolute atomic E-state index is 0.171. The SMILES string of the molecule is CCCNC(C#N)(CSc1n[nH]c(=O)n1CCC)C1CC1. The minimum atomic E-state index is -0.493. The molecule has 1 aromatic rings. The Hall–Kier alpha value is -1.26. The van der Waals surface area contributed by atoms with Crippen LogP contribution in [0.5, 0.6) is 0 Å². The van der Waals surface area contributed by atoms with Gasteiger partial charge >= 0.3 is 5.69 Å². The van der Waals surface area contributed by atoms with Crippen LogP contribution in [0.4, 0.5) is 0 Å². The van der Waals surface area contributed by atoms with Crippen molar-refractivity contribution in [2.75, 3.05) is 12.3 Å². The van der Waals surface area contributed by atoms with Gasteiger partial charge in [0, 0.05) is 12.3 Å². The first-order valence-electron chi connectivity index (χ1n) is 7.61. The molecule has 2 rings (SSSR count). The first-order valence-corrected chi connectivity index (χ1v) is 8.59. The van der Waals surface area contributed by atoms with Crippen LogP contribution in [0.3, 0.4) is 0 Å². The molecule has 0 spiro atoms. The van der Waals surface area contributed by atoms with Crippen LogP contribution in [0.25, 0.3) is 0 Å². The smallest absolute Gasteiger partial charge is 0.298 e. The Balaban J connectivity index is 2.08. The molecule has 0 bridgehead atoms. The molecule has 1 heterocycles. The summed E-state index contributed by atoms with van der Waals surface area (Å²) < 4.78 is 1.65. The molecule has 0 radical (unpaired) electrons. The van der Waals surface area contributed by atoms with E-state index in [4.69, 9.17) is 0 Å². The van der Waals surface area contributed by atoms with Crippen molar-refractivity contribution >= 4 is 11.8 Å². The van der Waals surface area contributed by atoms with E-state index in [9.17, 15) is 10.1 Å². The number of hydrogen-bond acceptors (Lipinski definition) is 5. The van der Waals surface area contributed by atoms with Gasteiger partial charge in [0.1, 0.15) is 5.54 Å². The fraction of sp³-hybridized carbons (Fsp3) is 0.786. The lowest BCUT2D eigenvalue weighted by atomic mass is 9.97. The normalized spacial score (nSPS) is 17.4. The van der Waals surface area contributed by atoms with E-state index in [2.05, 4.69) is 28.5 Å². The lowest BCUT2D eigenvalue weighted by Gasteiger charge is -2.27. The van der Waals surface area contributed by atoms with Gasteiger partial charge in [-0.1, -0.05) is 25.6 Å². The first kappa shape index (κ1) is 16.1. The van der Waals surface area contributed by atoms with E-state index in [1.165, 1.54) is 11.8 Å². The summed E-state index contributed by atoms with van der Waals surface area (Å²) in [6, 6.07) is 2.48. The Kier molecular flexibility index (Phi) is 5.48. The highest BCUT2D eigenvalue weighted by Crippen LogP contribution is 2.41.